The van der Waals surface area contributed by atoms with Crippen molar-refractivity contribution in [3.8, 4) is 0 Å². The maximum Gasteiger partial charge on any atom is 0.152 e. The van der Waals surface area contributed by atoms with E-state index in [0.29, 0.717) is 6.54 Å². The Morgan fingerprint density at radius 3 is 2.55 bits per heavy atom. The van der Waals surface area contributed by atoms with E-state index in [1.54, 1.807) is 13.3 Å². The number of anilines is 1. The first-order valence-corrected chi connectivity index (χ1v) is 6.87. The van der Waals surface area contributed by atoms with Crippen LogP contribution in [-0.2, 0) is 10.2 Å². The third-order valence-electron chi connectivity index (χ3n) is 3.39. The number of fused-ring (bicyclic) bond motifs is 1. The lowest BCUT2D eigenvalue weighted by molar-refractivity contribution is 0.0343. The van der Waals surface area contributed by atoms with E-state index in [1.165, 1.54) is 0 Å². The van der Waals surface area contributed by atoms with Crippen molar-refractivity contribution < 1.29 is 4.74 Å². The number of ether oxygens (including phenoxy) is 1. The molecular formula is C15H24N4O. The molecule has 0 fully saturated rings. The second-order valence-corrected chi connectivity index (χ2v) is 6.70. The standard InChI is InChI=1S/C15H24N4O/c1-14(2,3)12-9-11-13(16-7-8-19(11)18-12)17-10-15(4,5)20-6/h7-9H,10H2,1-6H3,(H,16,17). The molecule has 0 atom stereocenters. The van der Waals surface area contributed by atoms with Gasteiger partial charge in [-0.25, -0.2) is 9.50 Å². The number of methoxy groups -OCH3 is 1. The third-order valence-corrected chi connectivity index (χ3v) is 3.39. The smallest absolute Gasteiger partial charge is 0.152 e. The molecule has 2 heterocycles. The highest BCUT2D eigenvalue weighted by Crippen LogP contribution is 2.24. The minimum absolute atomic E-state index is 0.0229. The monoisotopic (exact) mass is 276 g/mol. The molecule has 5 nitrogen and oxygen atoms in total. The van der Waals surface area contributed by atoms with Crippen molar-refractivity contribution in [2.75, 3.05) is 19.0 Å². The summed E-state index contributed by atoms with van der Waals surface area (Å²) in [6.07, 6.45) is 3.63. The third kappa shape index (κ3) is 3.10. The van der Waals surface area contributed by atoms with E-state index in [1.807, 2.05) is 24.6 Å². The van der Waals surface area contributed by atoms with Crippen LogP contribution in [0.4, 0.5) is 5.82 Å². The van der Waals surface area contributed by atoms with Crippen molar-refractivity contribution in [2.45, 2.75) is 45.6 Å². The lowest BCUT2D eigenvalue weighted by Crippen LogP contribution is -2.32. The highest BCUT2D eigenvalue weighted by Gasteiger charge is 2.20. The maximum atomic E-state index is 5.42. The predicted molar refractivity (Wildman–Crippen MR) is 81.3 cm³/mol. The van der Waals surface area contributed by atoms with Crippen LogP contribution in [0.3, 0.4) is 0 Å². The molecule has 20 heavy (non-hydrogen) atoms. The van der Waals surface area contributed by atoms with Crippen LogP contribution in [0.25, 0.3) is 5.52 Å². The predicted octanol–water partition coefficient (Wildman–Crippen LogP) is 2.86. The van der Waals surface area contributed by atoms with E-state index >= 15 is 0 Å². The SMILES string of the molecule is COC(C)(C)CNc1nccn2nc(C(C)(C)C)cc12. The zero-order valence-corrected chi connectivity index (χ0v) is 13.2. The van der Waals surface area contributed by atoms with Crippen molar-refractivity contribution in [3.05, 3.63) is 24.2 Å². The van der Waals surface area contributed by atoms with E-state index in [4.69, 9.17) is 4.74 Å². The molecule has 2 aromatic heterocycles. The first kappa shape index (κ1) is 14.8. The summed E-state index contributed by atoms with van der Waals surface area (Å²) in [5.41, 5.74) is 1.83. The molecule has 0 aliphatic heterocycles. The Bertz CT molecular complexity index is 595. The molecule has 2 rings (SSSR count). The topological polar surface area (TPSA) is 51.5 Å². The minimum Gasteiger partial charge on any atom is -0.377 e. The van der Waals surface area contributed by atoms with Gasteiger partial charge in [-0.3, -0.25) is 0 Å². The summed E-state index contributed by atoms with van der Waals surface area (Å²) < 4.78 is 7.29. The number of hydrogen-bond acceptors (Lipinski definition) is 4. The molecule has 0 unspecified atom stereocenters. The summed E-state index contributed by atoms with van der Waals surface area (Å²) in [6.45, 7) is 11.2. The molecular weight excluding hydrogens is 252 g/mol. The Labute approximate surface area is 120 Å². The van der Waals surface area contributed by atoms with Crippen LogP contribution in [-0.4, -0.2) is 33.9 Å². The lowest BCUT2D eigenvalue weighted by Gasteiger charge is -2.23. The number of nitrogens with one attached hydrogen (secondary N) is 1. The van der Waals surface area contributed by atoms with Crippen molar-refractivity contribution in [1.29, 1.82) is 0 Å². The van der Waals surface area contributed by atoms with Gasteiger partial charge in [0.15, 0.2) is 5.82 Å². The van der Waals surface area contributed by atoms with Crippen LogP contribution in [0.2, 0.25) is 0 Å². The van der Waals surface area contributed by atoms with Crippen LogP contribution < -0.4 is 5.32 Å². The van der Waals surface area contributed by atoms with Gasteiger partial charge in [-0.2, -0.15) is 5.10 Å². The molecule has 0 radical (unpaired) electrons. The molecule has 0 aromatic carbocycles. The van der Waals surface area contributed by atoms with Gasteiger partial charge in [-0.15, -0.1) is 0 Å². The number of rotatable bonds is 4. The summed E-state index contributed by atoms with van der Waals surface area (Å²) in [4.78, 5) is 4.41. The average Bonchev–Trinajstić information content (AvgIpc) is 2.80. The van der Waals surface area contributed by atoms with Gasteiger partial charge in [0.05, 0.1) is 11.3 Å². The summed E-state index contributed by atoms with van der Waals surface area (Å²) >= 11 is 0. The molecule has 5 heteroatoms. The second kappa shape index (κ2) is 5.05. The normalized spacial score (nSPS) is 12.9. The highest BCUT2D eigenvalue weighted by atomic mass is 16.5. The molecule has 0 aliphatic carbocycles. The van der Waals surface area contributed by atoms with Gasteiger partial charge >= 0.3 is 0 Å². The Balaban J connectivity index is 2.32. The zero-order valence-electron chi connectivity index (χ0n) is 13.2. The second-order valence-electron chi connectivity index (χ2n) is 6.70. The summed E-state index contributed by atoms with van der Waals surface area (Å²) in [5.74, 6) is 0.834. The van der Waals surface area contributed by atoms with Crippen molar-refractivity contribution in [2.24, 2.45) is 0 Å². The van der Waals surface area contributed by atoms with Gasteiger partial charge < -0.3 is 10.1 Å². The molecule has 0 aliphatic rings. The average molecular weight is 276 g/mol. The molecule has 0 bridgehead atoms. The van der Waals surface area contributed by atoms with Gasteiger partial charge in [-0.05, 0) is 19.9 Å². The maximum absolute atomic E-state index is 5.42. The lowest BCUT2D eigenvalue weighted by atomic mass is 9.92. The largest absolute Gasteiger partial charge is 0.377 e. The summed E-state index contributed by atoms with van der Waals surface area (Å²) in [7, 11) is 1.71. The van der Waals surface area contributed by atoms with Gasteiger partial charge in [0.2, 0.25) is 0 Å². The fraction of sp³-hybridized carbons (Fsp3) is 0.600. The Morgan fingerprint density at radius 2 is 1.95 bits per heavy atom. The first-order chi connectivity index (χ1) is 9.23. The van der Waals surface area contributed by atoms with Crippen molar-refractivity contribution in [1.82, 2.24) is 14.6 Å². The molecule has 0 saturated heterocycles. The molecule has 0 amide bonds. The van der Waals surface area contributed by atoms with Crippen LogP contribution in [0, 0.1) is 0 Å². The van der Waals surface area contributed by atoms with Gasteiger partial charge in [0.25, 0.3) is 0 Å². The van der Waals surface area contributed by atoms with Crippen LogP contribution in [0.1, 0.15) is 40.3 Å². The molecule has 1 N–H and O–H groups in total. The minimum atomic E-state index is -0.235. The number of nitrogens with zero attached hydrogens (tertiary/aromatic N) is 3. The Kier molecular flexibility index (Phi) is 3.73. The number of aromatic nitrogens is 3. The van der Waals surface area contributed by atoms with Crippen LogP contribution >= 0.6 is 0 Å². The quantitative estimate of drug-likeness (QED) is 0.933. The molecule has 110 valence electrons. The fourth-order valence-electron chi connectivity index (χ4n) is 1.79. The van der Waals surface area contributed by atoms with Gasteiger partial charge in [0, 0.05) is 31.5 Å². The zero-order chi connectivity index (χ0) is 15.0. The number of hydrogen-bond donors (Lipinski definition) is 1. The Hall–Kier alpha value is -1.62. The summed E-state index contributed by atoms with van der Waals surface area (Å²) in [5, 5.41) is 7.96. The fourth-order valence-corrected chi connectivity index (χ4v) is 1.79. The molecule has 2 aromatic rings. The Morgan fingerprint density at radius 1 is 1.25 bits per heavy atom. The van der Waals surface area contributed by atoms with Crippen LogP contribution in [0.15, 0.2) is 18.5 Å². The van der Waals surface area contributed by atoms with Crippen molar-refractivity contribution in [3.63, 3.8) is 0 Å². The van der Waals surface area contributed by atoms with Crippen molar-refractivity contribution >= 4 is 11.3 Å². The van der Waals surface area contributed by atoms with E-state index in [0.717, 1.165) is 17.0 Å². The van der Waals surface area contributed by atoms with Gasteiger partial charge in [-0.1, -0.05) is 20.8 Å². The highest BCUT2D eigenvalue weighted by molar-refractivity contribution is 5.68. The van der Waals surface area contributed by atoms with E-state index in [-0.39, 0.29) is 11.0 Å². The van der Waals surface area contributed by atoms with E-state index < -0.39 is 0 Å². The van der Waals surface area contributed by atoms with Gasteiger partial charge in [0.1, 0.15) is 5.52 Å². The molecule has 0 spiro atoms. The first-order valence-electron chi connectivity index (χ1n) is 6.87. The van der Waals surface area contributed by atoms with E-state index in [9.17, 15) is 0 Å². The van der Waals surface area contributed by atoms with E-state index in [2.05, 4.69) is 42.2 Å². The van der Waals surface area contributed by atoms with Crippen LogP contribution in [0.5, 0.6) is 0 Å². The molecule has 0 saturated carbocycles. The summed E-state index contributed by atoms with van der Waals surface area (Å²) in [6, 6.07) is 2.09.